The number of nitriles is 1. The van der Waals surface area contributed by atoms with Gasteiger partial charge in [-0.1, -0.05) is 30.3 Å². The third kappa shape index (κ3) is 2.86. The molecule has 0 aliphatic heterocycles. The zero-order valence-electron chi connectivity index (χ0n) is 10.6. The van der Waals surface area contributed by atoms with Crippen LogP contribution in [0, 0.1) is 18.3 Å². The molecule has 1 aromatic carbocycles. The van der Waals surface area contributed by atoms with Crippen LogP contribution in [0.2, 0.25) is 0 Å². The molecule has 0 radical (unpaired) electrons. The van der Waals surface area contributed by atoms with Crippen molar-refractivity contribution in [3.8, 4) is 6.07 Å². The van der Waals surface area contributed by atoms with Crippen LogP contribution in [-0.2, 0) is 6.54 Å². The van der Waals surface area contributed by atoms with Crippen LogP contribution in [0.1, 0.15) is 16.8 Å². The van der Waals surface area contributed by atoms with Crippen LogP contribution in [0.5, 0.6) is 0 Å². The Balaban J connectivity index is 2.21. The smallest absolute Gasteiger partial charge is 0.130 e. The summed E-state index contributed by atoms with van der Waals surface area (Å²) in [6.07, 6.45) is 0. The highest BCUT2D eigenvalue weighted by atomic mass is 15.2. The van der Waals surface area contributed by atoms with E-state index in [1.165, 1.54) is 5.56 Å². The number of nitrogens with zero attached hydrogens (tertiary/aromatic N) is 3. The lowest BCUT2D eigenvalue weighted by Crippen LogP contribution is -2.18. The topological polar surface area (TPSA) is 39.9 Å². The molecule has 0 N–H and O–H groups in total. The minimum absolute atomic E-state index is 0.650. The molecule has 0 atom stereocenters. The lowest BCUT2D eigenvalue weighted by molar-refractivity contribution is 0.891. The van der Waals surface area contributed by atoms with Crippen LogP contribution in [-0.4, -0.2) is 12.0 Å². The Labute approximate surface area is 107 Å². The van der Waals surface area contributed by atoms with E-state index in [-0.39, 0.29) is 0 Å². The monoisotopic (exact) mass is 237 g/mol. The van der Waals surface area contributed by atoms with Crippen LogP contribution < -0.4 is 4.90 Å². The van der Waals surface area contributed by atoms with Crippen LogP contribution in [0.15, 0.2) is 42.5 Å². The molecule has 0 bridgehead atoms. The molecule has 0 saturated carbocycles. The van der Waals surface area contributed by atoms with Crippen molar-refractivity contribution in [1.82, 2.24) is 4.98 Å². The molecule has 1 aromatic heterocycles. The largest absolute Gasteiger partial charge is 0.355 e. The summed E-state index contributed by atoms with van der Waals surface area (Å²) in [7, 11) is 1.98. The van der Waals surface area contributed by atoms with Gasteiger partial charge in [-0.2, -0.15) is 5.26 Å². The van der Waals surface area contributed by atoms with Gasteiger partial charge in [0.05, 0.1) is 11.6 Å². The summed E-state index contributed by atoms with van der Waals surface area (Å²) in [5, 5.41) is 8.96. The van der Waals surface area contributed by atoms with Crippen molar-refractivity contribution >= 4 is 5.82 Å². The van der Waals surface area contributed by atoms with Crippen molar-refractivity contribution in [3.05, 3.63) is 59.3 Å². The van der Waals surface area contributed by atoms with E-state index in [1.807, 2.05) is 43.1 Å². The first kappa shape index (κ1) is 12.1. The van der Waals surface area contributed by atoms with Gasteiger partial charge in [-0.15, -0.1) is 0 Å². The van der Waals surface area contributed by atoms with E-state index in [2.05, 4.69) is 23.2 Å². The molecule has 18 heavy (non-hydrogen) atoms. The third-order valence-corrected chi connectivity index (χ3v) is 2.72. The van der Waals surface area contributed by atoms with E-state index < -0.39 is 0 Å². The number of hydrogen-bond donors (Lipinski definition) is 0. The molecule has 0 amide bonds. The van der Waals surface area contributed by atoms with Crippen molar-refractivity contribution in [2.45, 2.75) is 13.5 Å². The summed E-state index contributed by atoms with van der Waals surface area (Å²) in [4.78, 5) is 6.50. The molecule has 2 rings (SSSR count). The van der Waals surface area contributed by atoms with E-state index in [1.54, 1.807) is 6.07 Å². The lowest BCUT2D eigenvalue weighted by Gasteiger charge is -2.18. The van der Waals surface area contributed by atoms with E-state index in [9.17, 15) is 0 Å². The third-order valence-electron chi connectivity index (χ3n) is 2.72. The van der Waals surface area contributed by atoms with Gasteiger partial charge in [0.1, 0.15) is 5.82 Å². The molecule has 0 unspecified atom stereocenters. The number of benzene rings is 1. The fourth-order valence-corrected chi connectivity index (χ4v) is 1.85. The summed E-state index contributed by atoms with van der Waals surface area (Å²) in [5.41, 5.74) is 2.74. The van der Waals surface area contributed by atoms with Gasteiger partial charge < -0.3 is 4.90 Å². The molecule has 0 aliphatic rings. The maximum Gasteiger partial charge on any atom is 0.130 e. The van der Waals surface area contributed by atoms with Crippen LogP contribution in [0.3, 0.4) is 0 Å². The zero-order valence-corrected chi connectivity index (χ0v) is 10.6. The van der Waals surface area contributed by atoms with Crippen molar-refractivity contribution in [3.63, 3.8) is 0 Å². The number of aryl methyl sites for hydroxylation is 1. The number of hydrogen-bond acceptors (Lipinski definition) is 3. The van der Waals surface area contributed by atoms with Crippen LogP contribution in [0.4, 0.5) is 5.82 Å². The van der Waals surface area contributed by atoms with Crippen LogP contribution >= 0.6 is 0 Å². The molecule has 0 fully saturated rings. The summed E-state index contributed by atoms with van der Waals surface area (Å²) in [5.74, 6) is 0.829. The van der Waals surface area contributed by atoms with Crippen molar-refractivity contribution in [2.24, 2.45) is 0 Å². The van der Waals surface area contributed by atoms with Gasteiger partial charge >= 0.3 is 0 Å². The number of pyridine rings is 1. The van der Waals surface area contributed by atoms with Gasteiger partial charge in [-0.3, -0.25) is 0 Å². The van der Waals surface area contributed by atoms with Crippen molar-refractivity contribution in [1.29, 1.82) is 5.26 Å². The maximum atomic E-state index is 8.96. The Morgan fingerprint density at radius 3 is 2.61 bits per heavy atom. The Morgan fingerprint density at radius 1 is 1.22 bits per heavy atom. The quantitative estimate of drug-likeness (QED) is 0.824. The van der Waals surface area contributed by atoms with E-state index >= 15 is 0 Å². The van der Waals surface area contributed by atoms with E-state index in [0.29, 0.717) is 5.56 Å². The fraction of sp³-hybridized carbons (Fsp3) is 0.200. The summed E-state index contributed by atoms with van der Waals surface area (Å²) < 4.78 is 0. The van der Waals surface area contributed by atoms with E-state index in [4.69, 9.17) is 5.26 Å². The molecule has 3 nitrogen and oxygen atoms in total. The van der Waals surface area contributed by atoms with Gasteiger partial charge in [0.15, 0.2) is 0 Å². The second-order valence-corrected chi connectivity index (χ2v) is 4.31. The van der Waals surface area contributed by atoms with Gasteiger partial charge in [0.2, 0.25) is 0 Å². The average Bonchev–Trinajstić information content (AvgIpc) is 2.39. The second-order valence-electron chi connectivity index (χ2n) is 4.31. The van der Waals surface area contributed by atoms with Crippen molar-refractivity contribution in [2.75, 3.05) is 11.9 Å². The SMILES string of the molecule is Cc1cc(C#N)cc(N(C)Cc2ccccc2)n1. The Morgan fingerprint density at radius 2 is 1.94 bits per heavy atom. The number of aromatic nitrogens is 1. The van der Waals surface area contributed by atoms with Crippen molar-refractivity contribution < 1.29 is 0 Å². The first-order chi connectivity index (χ1) is 8.69. The van der Waals surface area contributed by atoms with E-state index in [0.717, 1.165) is 18.1 Å². The highest BCUT2D eigenvalue weighted by molar-refractivity contribution is 5.46. The maximum absolute atomic E-state index is 8.96. The predicted octanol–water partition coefficient (Wildman–Crippen LogP) is 2.90. The van der Waals surface area contributed by atoms with Gasteiger partial charge in [-0.05, 0) is 24.6 Å². The molecule has 0 spiro atoms. The van der Waals surface area contributed by atoms with Gasteiger partial charge in [-0.25, -0.2) is 4.98 Å². The predicted molar refractivity (Wildman–Crippen MR) is 72.2 cm³/mol. The minimum Gasteiger partial charge on any atom is -0.355 e. The Bertz CT molecular complexity index is 570. The highest BCUT2D eigenvalue weighted by Crippen LogP contribution is 2.15. The molecule has 2 aromatic rings. The number of anilines is 1. The normalized spacial score (nSPS) is 9.83. The second kappa shape index (κ2) is 5.33. The molecular formula is C15H15N3. The molecule has 0 saturated heterocycles. The standard InChI is InChI=1S/C15H15N3/c1-12-8-14(10-16)9-15(17-12)18(2)11-13-6-4-3-5-7-13/h3-9H,11H2,1-2H3. The Kier molecular flexibility index (Phi) is 3.59. The molecule has 1 heterocycles. The summed E-state index contributed by atoms with van der Waals surface area (Å²) in [6.45, 7) is 2.68. The molecule has 90 valence electrons. The fourth-order valence-electron chi connectivity index (χ4n) is 1.85. The average molecular weight is 237 g/mol. The first-order valence-corrected chi connectivity index (χ1v) is 5.83. The van der Waals surface area contributed by atoms with Crippen LogP contribution in [0.25, 0.3) is 0 Å². The van der Waals surface area contributed by atoms with Gasteiger partial charge in [0.25, 0.3) is 0 Å². The number of rotatable bonds is 3. The zero-order chi connectivity index (χ0) is 13.0. The highest BCUT2D eigenvalue weighted by Gasteiger charge is 2.05. The summed E-state index contributed by atoms with van der Waals surface area (Å²) in [6, 6.07) is 16.0. The Hall–Kier alpha value is -2.34. The minimum atomic E-state index is 0.650. The lowest BCUT2D eigenvalue weighted by atomic mass is 10.2. The summed E-state index contributed by atoms with van der Waals surface area (Å²) >= 11 is 0. The molecular weight excluding hydrogens is 222 g/mol. The molecule has 0 aliphatic carbocycles. The van der Waals surface area contributed by atoms with Gasteiger partial charge in [0, 0.05) is 19.3 Å². The molecule has 3 heteroatoms. The first-order valence-electron chi connectivity index (χ1n) is 5.83.